The van der Waals surface area contributed by atoms with E-state index in [9.17, 15) is 0 Å². The maximum atomic E-state index is 9.03. The summed E-state index contributed by atoms with van der Waals surface area (Å²) in [6.07, 6.45) is 3.09. The van der Waals surface area contributed by atoms with Crippen LogP contribution in [-0.2, 0) is 12.8 Å². The molecular weight excluding hydrogens is 278 g/mol. The number of rotatable bonds is 5. The van der Waals surface area contributed by atoms with E-state index in [0.717, 1.165) is 37.3 Å². The van der Waals surface area contributed by atoms with Crippen LogP contribution in [0.1, 0.15) is 17.5 Å². The minimum absolute atomic E-state index is 0. The van der Waals surface area contributed by atoms with Gasteiger partial charge in [0.15, 0.2) is 11.5 Å². The van der Waals surface area contributed by atoms with Gasteiger partial charge in [-0.2, -0.15) is 0 Å². The minimum Gasteiger partial charge on any atom is -0.493 e. The highest BCUT2D eigenvalue weighted by molar-refractivity contribution is 5.85. The number of aliphatic hydroxyl groups is 1. The van der Waals surface area contributed by atoms with Gasteiger partial charge in [-0.05, 0) is 37.9 Å². The van der Waals surface area contributed by atoms with Crippen molar-refractivity contribution in [2.75, 3.05) is 34.4 Å². The topological polar surface area (TPSA) is 41.9 Å². The van der Waals surface area contributed by atoms with Crippen molar-refractivity contribution in [3.63, 3.8) is 0 Å². The third-order valence-electron chi connectivity index (χ3n) is 4.00. The van der Waals surface area contributed by atoms with Gasteiger partial charge in [0, 0.05) is 18.2 Å². The molecule has 4 nitrogen and oxygen atoms in total. The van der Waals surface area contributed by atoms with E-state index in [2.05, 4.69) is 18.0 Å². The molecular formula is C15H24ClNO3. The Labute approximate surface area is 127 Å². The van der Waals surface area contributed by atoms with Crippen LogP contribution in [0.2, 0.25) is 0 Å². The van der Waals surface area contributed by atoms with Gasteiger partial charge in [0.1, 0.15) is 0 Å². The Hall–Kier alpha value is -0.970. The Balaban J connectivity index is 0.00000200. The SMILES string of the molecule is COc1ccc2c(c1OC)CCC(N(C)CCO)C2.Cl. The molecule has 1 aromatic carbocycles. The van der Waals surface area contributed by atoms with Crippen LogP contribution in [-0.4, -0.2) is 50.5 Å². The first-order valence-corrected chi connectivity index (χ1v) is 6.75. The van der Waals surface area contributed by atoms with Gasteiger partial charge in [0.05, 0.1) is 20.8 Å². The molecule has 20 heavy (non-hydrogen) atoms. The Morgan fingerprint density at radius 2 is 2.05 bits per heavy atom. The Kier molecular flexibility index (Phi) is 6.59. The van der Waals surface area contributed by atoms with Crippen molar-refractivity contribution in [3.05, 3.63) is 23.3 Å². The molecule has 0 spiro atoms. The largest absolute Gasteiger partial charge is 0.493 e. The maximum Gasteiger partial charge on any atom is 0.164 e. The first-order valence-electron chi connectivity index (χ1n) is 6.75. The molecule has 2 rings (SSSR count). The molecule has 1 N–H and O–H groups in total. The van der Waals surface area contributed by atoms with Crippen molar-refractivity contribution >= 4 is 12.4 Å². The molecule has 114 valence electrons. The van der Waals surface area contributed by atoms with Gasteiger partial charge in [-0.25, -0.2) is 0 Å². The molecule has 1 atom stereocenters. The molecule has 1 aliphatic carbocycles. The number of fused-ring (bicyclic) bond motifs is 1. The molecule has 1 unspecified atom stereocenters. The van der Waals surface area contributed by atoms with E-state index in [-0.39, 0.29) is 19.0 Å². The fraction of sp³-hybridized carbons (Fsp3) is 0.600. The van der Waals surface area contributed by atoms with Gasteiger partial charge in [-0.3, -0.25) is 0 Å². The van der Waals surface area contributed by atoms with Crippen LogP contribution in [0.4, 0.5) is 0 Å². The van der Waals surface area contributed by atoms with Crippen molar-refractivity contribution in [1.82, 2.24) is 4.90 Å². The van der Waals surface area contributed by atoms with Gasteiger partial charge in [0.25, 0.3) is 0 Å². The Morgan fingerprint density at radius 1 is 1.30 bits per heavy atom. The van der Waals surface area contributed by atoms with Crippen molar-refractivity contribution in [2.24, 2.45) is 0 Å². The van der Waals surface area contributed by atoms with Crippen molar-refractivity contribution in [3.8, 4) is 11.5 Å². The lowest BCUT2D eigenvalue weighted by atomic mass is 9.86. The standard InChI is InChI=1S/C15H23NO3.ClH/c1-16(8-9-17)12-5-6-13-11(10-12)4-7-14(18-2)15(13)19-3;/h4,7,12,17H,5-6,8-10H2,1-3H3;1H. The third-order valence-corrected chi connectivity index (χ3v) is 4.00. The van der Waals surface area contributed by atoms with E-state index >= 15 is 0 Å². The monoisotopic (exact) mass is 301 g/mol. The van der Waals surface area contributed by atoms with Crippen molar-refractivity contribution in [2.45, 2.75) is 25.3 Å². The van der Waals surface area contributed by atoms with Crippen LogP contribution >= 0.6 is 12.4 Å². The molecule has 0 saturated carbocycles. The molecule has 0 aliphatic heterocycles. The number of methoxy groups -OCH3 is 2. The number of nitrogens with zero attached hydrogens (tertiary/aromatic N) is 1. The van der Waals surface area contributed by atoms with Gasteiger partial charge in [-0.1, -0.05) is 6.07 Å². The second-order valence-corrected chi connectivity index (χ2v) is 5.04. The van der Waals surface area contributed by atoms with Crippen molar-refractivity contribution < 1.29 is 14.6 Å². The molecule has 0 saturated heterocycles. The average molecular weight is 302 g/mol. The average Bonchev–Trinajstić information content (AvgIpc) is 2.45. The third kappa shape index (κ3) is 3.37. The van der Waals surface area contributed by atoms with Gasteiger partial charge < -0.3 is 19.5 Å². The van der Waals surface area contributed by atoms with Crippen molar-refractivity contribution in [1.29, 1.82) is 0 Å². The van der Waals surface area contributed by atoms with Crippen LogP contribution in [0.3, 0.4) is 0 Å². The summed E-state index contributed by atoms with van der Waals surface area (Å²) in [6, 6.07) is 4.61. The Bertz CT molecular complexity index is 439. The fourth-order valence-electron chi connectivity index (χ4n) is 2.88. The molecule has 0 aromatic heterocycles. The quantitative estimate of drug-likeness (QED) is 0.902. The maximum absolute atomic E-state index is 9.03. The number of ether oxygens (including phenoxy) is 2. The second kappa shape index (κ2) is 7.72. The summed E-state index contributed by atoms with van der Waals surface area (Å²) in [5.74, 6) is 1.69. The molecule has 0 fully saturated rings. The molecule has 1 aliphatic rings. The van der Waals surface area contributed by atoms with E-state index in [1.807, 2.05) is 6.07 Å². The van der Waals surface area contributed by atoms with Gasteiger partial charge in [-0.15, -0.1) is 12.4 Å². The van der Waals surface area contributed by atoms with Crippen LogP contribution < -0.4 is 9.47 Å². The smallest absolute Gasteiger partial charge is 0.164 e. The Morgan fingerprint density at radius 3 is 2.65 bits per heavy atom. The van der Waals surface area contributed by atoms with Gasteiger partial charge >= 0.3 is 0 Å². The highest BCUT2D eigenvalue weighted by Crippen LogP contribution is 2.37. The highest BCUT2D eigenvalue weighted by Gasteiger charge is 2.25. The minimum atomic E-state index is 0. The number of aliphatic hydroxyl groups excluding tert-OH is 1. The number of hydrogen-bond donors (Lipinski definition) is 1. The summed E-state index contributed by atoms with van der Waals surface area (Å²) in [7, 11) is 5.44. The summed E-state index contributed by atoms with van der Waals surface area (Å²) in [4.78, 5) is 2.24. The van der Waals surface area contributed by atoms with E-state index in [1.165, 1.54) is 11.1 Å². The first-order chi connectivity index (χ1) is 9.21. The van der Waals surface area contributed by atoms with Gasteiger partial charge in [0.2, 0.25) is 0 Å². The predicted molar refractivity (Wildman–Crippen MR) is 82.3 cm³/mol. The number of likely N-dealkylation sites (N-methyl/N-ethyl adjacent to an activating group) is 1. The lowest BCUT2D eigenvalue weighted by Gasteiger charge is -2.33. The predicted octanol–water partition coefficient (Wildman–Crippen LogP) is 1.91. The number of benzene rings is 1. The summed E-state index contributed by atoms with van der Waals surface area (Å²) in [6.45, 7) is 0.944. The normalized spacial score (nSPS) is 17.4. The highest BCUT2D eigenvalue weighted by atomic mass is 35.5. The zero-order chi connectivity index (χ0) is 13.8. The fourth-order valence-corrected chi connectivity index (χ4v) is 2.88. The van der Waals surface area contributed by atoms with E-state index < -0.39 is 0 Å². The molecule has 0 amide bonds. The molecule has 0 radical (unpaired) electrons. The van der Waals surface area contributed by atoms with Crippen LogP contribution in [0.5, 0.6) is 11.5 Å². The summed E-state index contributed by atoms with van der Waals surface area (Å²) < 4.78 is 10.8. The summed E-state index contributed by atoms with van der Waals surface area (Å²) in [5.41, 5.74) is 2.61. The lowest BCUT2D eigenvalue weighted by molar-refractivity contribution is 0.168. The lowest BCUT2D eigenvalue weighted by Crippen LogP contribution is -2.38. The molecule has 5 heteroatoms. The number of hydrogen-bond acceptors (Lipinski definition) is 4. The molecule has 0 bridgehead atoms. The zero-order valence-corrected chi connectivity index (χ0v) is 13.2. The van der Waals surface area contributed by atoms with E-state index in [1.54, 1.807) is 14.2 Å². The number of halogens is 1. The summed E-state index contributed by atoms with van der Waals surface area (Å²) >= 11 is 0. The second-order valence-electron chi connectivity index (χ2n) is 5.04. The van der Waals surface area contributed by atoms with Crippen LogP contribution in [0.15, 0.2) is 12.1 Å². The molecule has 0 heterocycles. The first kappa shape index (κ1) is 17.1. The van der Waals surface area contributed by atoms with E-state index in [0.29, 0.717) is 6.04 Å². The van der Waals surface area contributed by atoms with E-state index in [4.69, 9.17) is 14.6 Å². The molecule has 1 aromatic rings. The van der Waals surface area contributed by atoms with Crippen LogP contribution in [0, 0.1) is 0 Å². The van der Waals surface area contributed by atoms with Crippen LogP contribution in [0.25, 0.3) is 0 Å². The summed E-state index contributed by atoms with van der Waals surface area (Å²) in [5, 5.41) is 9.03. The zero-order valence-electron chi connectivity index (χ0n) is 12.4.